The summed E-state index contributed by atoms with van der Waals surface area (Å²) in [7, 11) is 1.33. The molecule has 6 nitrogen and oxygen atoms in total. The van der Waals surface area contributed by atoms with Crippen LogP contribution in [0.5, 0.6) is 5.88 Å². The largest absolute Gasteiger partial charge is 0.493 e. The molecule has 0 atom stereocenters. The lowest BCUT2D eigenvalue weighted by molar-refractivity contribution is -0.140. The molecule has 0 fully saturated rings. The van der Waals surface area contributed by atoms with E-state index in [0.717, 1.165) is 5.56 Å². The Kier molecular flexibility index (Phi) is 4.82. The number of thiazole rings is 1. The van der Waals surface area contributed by atoms with E-state index >= 15 is 0 Å². The number of carbonyl (C=O) groups is 2. The zero-order valence-corrected chi connectivity index (χ0v) is 15.4. The molecule has 1 aliphatic rings. The van der Waals surface area contributed by atoms with Crippen LogP contribution in [0, 0.1) is 10.9 Å². The second kappa shape index (κ2) is 6.89. The molecular weight excluding hydrogens is 360 g/mol. The fourth-order valence-corrected chi connectivity index (χ4v) is 4.08. The summed E-state index contributed by atoms with van der Waals surface area (Å²) in [6, 6.07) is 5.56. The highest BCUT2D eigenvalue weighted by Crippen LogP contribution is 2.32. The number of methoxy groups -OCH3 is 1. The molecule has 1 aromatic heterocycles. The third-order valence-corrected chi connectivity index (χ3v) is 5.40. The Balaban J connectivity index is 2.03. The van der Waals surface area contributed by atoms with Crippen molar-refractivity contribution in [3.63, 3.8) is 0 Å². The van der Waals surface area contributed by atoms with Crippen molar-refractivity contribution in [2.75, 3.05) is 7.11 Å². The van der Waals surface area contributed by atoms with Crippen LogP contribution >= 0.6 is 23.6 Å². The summed E-state index contributed by atoms with van der Waals surface area (Å²) in [5.41, 5.74) is 1.38. The van der Waals surface area contributed by atoms with Gasteiger partial charge in [0.15, 0.2) is 3.95 Å². The quantitative estimate of drug-likeness (QED) is 0.633. The molecule has 0 radical (unpaired) electrons. The first-order chi connectivity index (χ1) is 11.9. The molecule has 3 rings (SSSR count). The van der Waals surface area contributed by atoms with Crippen molar-refractivity contribution >= 4 is 41.0 Å². The second-order valence-corrected chi connectivity index (χ2v) is 7.31. The van der Waals surface area contributed by atoms with Gasteiger partial charge in [0.1, 0.15) is 4.88 Å². The molecule has 0 saturated heterocycles. The number of rotatable bonds is 5. The number of amides is 1. The number of hydrogen-bond donors (Lipinski definition) is 1. The van der Waals surface area contributed by atoms with Gasteiger partial charge in [0.2, 0.25) is 5.88 Å². The summed E-state index contributed by atoms with van der Waals surface area (Å²) in [5.74, 6) is -0.758. The second-order valence-electron chi connectivity index (χ2n) is 5.66. The molecule has 130 valence electrons. The summed E-state index contributed by atoms with van der Waals surface area (Å²) in [5, 5.41) is 11.9. The van der Waals surface area contributed by atoms with E-state index in [1.807, 2.05) is 19.1 Å². The highest BCUT2D eigenvalue weighted by atomic mass is 32.1. The van der Waals surface area contributed by atoms with Gasteiger partial charge in [-0.2, -0.15) is 0 Å². The highest BCUT2D eigenvalue weighted by Gasteiger charge is 2.25. The van der Waals surface area contributed by atoms with Crippen molar-refractivity contribution < 1.29 is 19.4 Å². The van der Waals surface area contributed by atoms with Gasteiger partial charge in [-0.15, -0.1) is 11.3 Å². The maximum absolute atomic E-state index is 12.3. The van der Waals surface area contributed by atoms with Crippen molar-refractivity contribution in [1.82, 2.24) is 4.57 Å². The number of esters is 1. The maximum atomic E-state index is 12.3. The number of aromatic hydroxyl groups is 1. The summed E-state index contributed by atoms with van der Waals surface area (Å²) >= 11 is 6.49. The molecule has 0 bridgehead atoms. The predicted octanol–water partition coefficient (Wildman–Crippen LogP) is 1.61. The number of fused-ring (bicyclic) bond motifs is 1. The molecule has 0 aliphatic carbocycles. The lowest BCUT2D eigenvalue weighted by Gasteiger charge is -2.05. The zero-order chi connectivity index (χ0) is 18.1. The fourth-order valence-electron chi connectivity index (χ4n) is 2.69. The van der Waals surface area contributed by atoms with Crippen LogP contribution in [0.3, 0.4) is 0 Å². The molecular formula is C17H16N2O4S2. The maximum Gasteiger partial charge on any atom is 0.305 e. The van der Waals surface area contributed by atoms with Crippen molar-refractivity contribution in [3.05, 3.63) is 43.2 Å². The van der Waals surface area contributed by atoms with Gasteiger partial charge in [-0.25, -0.2) is 4.99 Å². The van der Waals surface area contributed by atoms with Crippen LogP contribution in [0.4, 0.5) is 0 Å². The lowest BCUT2D eigenvalue weighted by Crippen LogP contribution is -2.23. The first-order valence-electron chi connectivity index (χ1n) is 7.66. The monoisotopic (exact) mass is 376 g/mol. The minimum absolute atomic E-state index is 0.0622. The molecule has 0 saturated carbocycles. The summed E-state index contributed by atoms with van der Waals surface area (Å²) in [6.45, 7) is 2.30. The predicted molar refractivity (Wildman–Crippen MR) is 95.5 cm³/mol. The van der Waals surface area contributed by atoms with Crippen molar-refractivity contribution in [2.45, 2.75) is 26.3 Å². The molecule has 1 aromatic carbocycles. The Morgan fingerprint density at radius 2 is 2.20 bits per heavy atom. The Morgan fingerprint density at radius 3 is 2.92 bits per heavy atom. The van der Waals surface area contributed by atoms with Gasteiger partial charge in [-0.05, 0) is 37.7 Å². The SMILES string of the molecule is COC(=O)CCCn1c(O)c(C2=c3cc(C)ccc3=NC2=O)sc1=S. The average molecular weight is 376 g/mol. The number of hydrogen-bond acceptors (Lipinski definition) is 6. The minimum Gasteiger partial charge on any atom is -0.493 e. The van der Waals surface area contributed by atoms with Crippen LogP contribution in [0.2, 0.25) is 0 Å². The number of aryl methyl sites for hydroxylation is 1. The van der Waals surface area contributed by atoms with Gasteiger partial charge in [-0.1, -0.05) is 11.6 Å². The molecule has 1 amide bonds. The Bertz CT molecular complexity index is 1050. The van der Waals surface area contributed by atoms with E-state index in [0.29, 0.717) is 37.9 Å². The standard InChI is InChI=1S/C17H16N2O4S2/c1-9-5-6-11-10(8-9)13(15(21)18-11)14-16(22)19(17(24)25-14)7-3-4-12(20)23-2/h5-6,8,22H,3-4,7H2,1-2H3. The third-order valence-electron chi connectivity index (χ3n) is 3.94. The van der Waals surface area contributed by atoms with Crippen molar-refractivity contribution in [1.29, 1.82) is 0 Å². The van der Waals surface area contributed by atoms with Crippen LogP contribution in [-0.4, -0.2) is 28.7 Å². The number of benzene rings is 1. The Morgan fingerprint density at radius 1 is 1.44 bits per heavy atom. The van der Waals surface area contributed by atoms with E-state index in [4.69, 9.17) is 12.2 Å². The van der Waals surface area contributed by atoms with Gasteiger partial charge < -0.3 is 9.84 Å². The molecule has 1 N–H and O–H groups in total. The van der Waals surface area contributed by atoms with Gasteiger partial charge >= 0.3 is 5.97 Å². The van der Waals surface area contributed by atoms with Crippen LogP contribution < -0.4 is 10.6 Å². The summed E-state index contributed by atoms with van der Waals surface area (Å²) < 4.78 is 6.58. The van der Waals surface area contributed by atoms with E-state index in [9.17, 15) is 14.7 Å². The lowest BCUT2D eigenvalue weighted by atomic mass is 10.1. The summed E-state index contributed by atoms with van der Waals surface area (Å²) in [6.07, 6.45) is 0.712. The topological polar surface area (TPSA) is 80.9 Å². The third kappa shape index (κ3) is 3.27. The number of nitrogens with zero attached hydrogens (tertiary/aromatic N) is 2. The molecule has 0 spiro atoms. The van der Waals surface area contributed by atoms with Gasteiger partial charge in [-0.3, -0.25) is 14.2 Å². The molecule has 2 aromatic rings. The first kappa shape index (κ1) is 17.5. The van der Waals surface area contributed by atoms with Crippen LogP contribution in [0.25, 0.3) is 5.57 Å². The van der Waals surface area contributed by atoms with Crippen molar-refractivity contribution in [3.8, 4) is 5.88 Å². The smallest absolute Gasteiger partial charge is 0.305 e. The van der Waals surface area contributed by atoms with E-state index in [2.05, 4.69) is 9.73 Å². The number of carbonyl (C=O) groups excluding carboxylic acids is 2. The van der Waals surface area contributed by atoms with Gasteiger partial charge in [0.25, 0.3) is 5.91 Å². The van der Waals surface area contributed by atoms with Crippen LogP contribution in [-0.2, 0) is 20.9 Å². The molecule has 0 unspecified atom stereocenters. The normalized spacial score (nSPS) is 12.9. The van der Waals surface area contributed by atoms with E-state index in [-0.39, 0.29) is 24.2 Å². The van der Waals surface area contributed by atoms with E-state index in [1.165, 1.54) is 23.0 Å². The van der Waals surface area contributed by atoms with Crippen LogP contribution in [0.1, 0.15) is 23.3 Å². The Hall–Kier alpha value is -2.32. The Labute approximate surface area is 152 Å². The van der Waals surface area contributed by atoms with Gasteiger partial charge in [0, 0.05) is 18.2 Å². The molecule has 1 aliphatic heterocycles. The minimum atomic E-state index is -0.381. The first-order valence-corrected chi connectivity index (χ1v) is 8.88. The highest BCUT2D eigenvalue weighted by molar-refractivity contribution is 7.73. The number of aromatic nitrogens is 1. The number of ether oxygens (including phenoxy) is 1. The molecule has 25 heavy (non-hydrogen) atoms. The van der Waals surface area contributed by atoms with Gasteiger partial charge in [0.05, 0.1) is 18.0 Å². The van der Waals surface area contributed by atoms with Crippen molar-refractivity contribution in [2.24, 2.45) is 4.99 Å². The molecule has 2 heterocycles. The zero-order valence-electron chi connectivity index (χ0n) is 13.7. The molecule has 8 heteroatoms. The summed E-state index contributed by atoms with van der Waals surface area (Å²) in [4.78, 5) is 28.0. The average Bonchev–Trinajstić information content (AvgIpc) is 3.03. The van der Waals surface area contributed by atoms with E-state index < -0.39 is 0 Å². The van der Waals surface area contributed by atoms with Crippen LogP contribution in [0.15, 0.2) is 23.2 Å². The van der Waals surface area contributed by atoms with E-state index in [1.54, 1.807) is 6.07 Å². The fraction of sp³-hybridized carbons (Fsp3) is 0.294.